The molecule has 3 aromatic rings. The van der Waals surface area contributed by atoms with Gasteiger partial charge in [0.05, 0.1) is 0 Å². The largest absolute Gasteiger partial charge is 0.508 e. The van der Waals surface area contributed by atoms with E-state index in [0.717, 1.165) is 11.1 Å². The van der Waals surface area contributed by atoms with Crippen LogP contribution in [0, 0.1) is 0 Å². The van der Waals surface area contributed by atoms with E-state index < -0.39 is 0 Å². The van der Waals surface area contributed by atoms with Gasteiger partial charge >= 0.3 is 0 Å². The predicted octanol–water partition coefficient (Wildman–Crippen LogP) is 4.47. The average Bonchev–Trinajstić information content (AvgIpc) is 2.56. The smallest absolute Gasteiger partial charge is 0.122 e. The maximum absolute atomic E-state index is 10.1. The van der Waals surface area contributed by atoms with Crippen LogP contribution in [0.5, 0.6) is 11.5 Å². The summed E-state index contributed by atoms with van der Waals surface area (Å²) in [6, 6.07) is 25.2. The Labute approximate surface area is 130 Å². The van der Waals surface area contributed by atoms with Crippen molar-refractivity contribution in [2.24, 2.45) is 0 Å². The Morgan fingerprint density at radius 3 is 1.50 bits per heavy atom. The molecule has 0 aliphatic rings. The monoisotopic (exact) mass is 290 g/mol. The van der Waals surface area contributed by atoms with E-state index in [1.54, 1.807) is 18.2 Å². The van der Waals surface area contributed by atoms with E-state index in [0.29, 0.717) is 12.0 Å². The molecule has 2 heteroatoms. The van der Waals surface area contributed by atoms with E-state index in [-0.39, 0.29) is 17.4 Å². The molecule has 0 unspecified atom stereocenters. The fourth-order valence-corrected chi connectivity index (χ4v) is 2.77. The molecule has 0 saturated heterocycles. The zero-order chi connectivity index (χ0) is 15.4. The number of rotatable bonds is 4. The summed E-state index contributed by atoms with van der Waals surface area (Å²) >= 11 is 0. The molecule has 0 amide bonds. The highest BCUT2D eigenvalue weighted by atomic mass is 16.3. The summed E-state index contributed by atoms with van der Waals surface area (Å²) in [4.78, 5) is 0. The maximum atomic E-state index is 10.1. The molecular weight excluding hydrogens is 272 g/mol. The summed E-state index contributed by atoms with van der Waals surface area (Å²) < 4.78 is 0. The van der Waals surface area contributed by atoms with Crippen LogP contribution < -0.4 is 0 Å². The topological polar surface area (TPSA) is 40.5 Å². The molecule has 0 aliphatic heterocycles. The van der Waals surface area contributed by atoms with E-state index in [4.69, 9.17) is 0 Å². The van der Waals surface area contributed by atoms with Gasteiger partial charge in [-0.2, -0.15) is 0 Å². The first-order valence-electron chi connectivity index (χ1n) is 7.35. The SMILES string of the molecule is Oc1cccc(O)c1CC(c1ccccc1)c1ccccc1. The van der Waals surface area contributed by atoms with Gasteiger partial charge < -0.3 is 10.2 Å². The van der Waals surface area contributed by atoms with Crippen molar-refractivity contribution < 1.29 is 10.2 Å². The number of phenols is 2. The summed E-state index contributed by atoms with van der Waals surface area (Å²) in [5.74, 6) is 0.357. The van der Waals surface area contributed by atoms with Gasteiger partial charge in [0.15, 0.2) is 0 Å². The zero-order valence-corrected chi connectivity index (χ0v) is 12.2. The van der Waals surface area contributed by atoms with Gasteiger partial charge in [0.2, 0.25) is 0 Å². The van der Waals surface area contributed by atoms with Crippen molar-refractivity contribution in [3.05, 3.63) is 95.6 Å². The van der Waals surface area contributed by atoms with Gasteiger partial charge in [-0.25, -0.2) is 0 Å². The third kappa shape index (κ3) is 2.96. The molecule has 0 spiro atoms. The summed E-state index contributed by atoms with van der Waals surface area (Å²) in [5, 5.41) is 20.1. The molecule has 2 N–H and O–H groups in total. The Hall–Kier alpha value is -2.74. The number of hydrogen-bond donors (Lipinski definition) is 2. The second-order valence-corrected chi connectivity index (χ2v) is 5.35. The van der Waals surface area contributed by atoms with Crippen molar-refractivity contribution in [1.29, 1.82) is 0 Å². The molecule has 3 rings (SSSR count). The van der Waals surface area contributed by atoms with E-state index in [1.165, 1.54) is 0 Å². The fourth-order valence-electron chi connectivity index (χ4n) is 2.77. The van der Waals surface area contributed by atoms with Crippen molar-refractivity contribution >= 4 is 0 Å². The van der Waals surface area contributed by atoms with E-state index in [2.05, 4.69) is 24.3 Å². The minimum atomic E-state index is 0.0848. The summed E-state index contributed by atoms with van der Waals surface area (Å²) in [7, 11) is 0. The van der Waals surface area contributed by atoms with Gasteiger partial charge in [-0.3, -0.25) is 0 Å². The highest BCUT2D eigenvalue weighted by Crippen LogP contribution is 2.35. The molecule has 0 aliphatic carbocycles. The highest BCUT2D eigenvalue weighted by molar-refractivity contribution is 5.46. The lowest BCUT2D eigenvalue weighted by atomic mass is 9.85. The molecule has 0 heterocycles. The zero-order valence-electron chi connectivity index (χ0n) is 12.2. The molecule has 0 bridgehead atoms. The van der Waals surface area contributed by atoms with Crippen LogP contribution in [-0.2, 0) is 6.42 Å². The molecule has 0 saturated carbocycles. The summed E-state index contributed by atoms with van der Waals surface area (Å²) in [6.07, 6.45) is 0.548. The van der Waals surface area contributed by atoms with Crippen LogP contribution in [0.3, 0.4) is 0 Å². The van der Waals surface area contributed by atoms with Crippen molar-refractivity contribution in [1.82, 2.24) is 0 Å². The lowest BCUT2D eigenvalue weighted by molar-refractivity contribution is 0.436. The number of hydrogen-bond acceptors (Lipinski definition) is 2. The lowest BCUT2D eigenvalue weighted by Crippen LogP contribution is -2.05. The molecule has 0 radical (unpaired) electrons. The van der Waals surface area contributed by atoms with Crippen molar-refractivity contribution in [2.75, 3.05) is 0 Å². The molecule has 2 nitrogen and oxygen atoms in total. The van der Waals surface area contributed by atoms with E-state index in [1.807, 2.05) is 36.4 Å². The summed E-state index contributed by atoms with van der Waals surface area (Å²) in [5.41, 5.74) is 2.91. The Morgan fingerprint density at radius 1 is 0.591 bits per heavy atom. The minimum absolute atomic E-state index is 0.0848. The van der Waals surface area contributed by atoms with Gasteiger partial charge in [-0.1, -0.05) is 66.7 Å². The standard InChI is InChI=1S/C20H18O2/c21-19-12-7-13-20(22)18(19)14-17(15-8-3-1-4-9-15)16-10-5-2-6-11-16/h1-13,17,21-22H,14H2. The van der Waals surface area contributed by atoms with E-state index in [9.17, 15) is 10.2 Å². The maximum Gasteiger partial charge on any atom is 0.122 e. The van der Waals surface area contributed by atoms with Crippen molar-refractivity contribution in [2.45, 2.75) is 12.3 Å². The Balaban J connectivity index is 2.03. The van der Waals surface area contributed by atoms with Gasteiger partial charge in [-0.05, 0) is 29.7 Å². The molecule has 22 heavy (non-hydrogen) atoms. The summed E-state index contributed by atoms with van der Waals surface area (Å²) in [6.45, 7) is 0. The van der Waals surface area contributed by atoms with Gasteiger partial charge in [0.1, 0.15) is 11.5 Å². The van der Waals surface area contributed by atoms with E-state index >= 15 is 0 Å². The molecule has 0 aromatic heterocycles. The molecular formula is C20H18O2. The fraction of sp³-hybridized carbons (Fsp3) is 0.100. The Kier molecular flexibility index (Phi) is 4.10. The van der Waals surface area contributed by atoms with Crippen molar-refractivity contribution in [3.63, 3.8) is 0 Å². The first kappa shape index (κ1) is 14.2. The minimum Gasteiger partial charge on any atom is -0.508 e. The number of phenolic OH excluding ortho intramolecular Hbond substituents is 2. The first-order chi connectivity index (χ1) is 10.8. The van der Waals surface area contributed by atoms with Crippen molar-refractivity contribution in [3.8, 4) is 11.5 Å². The molecule has 110 valence electrons. The quantitative estimate of drug-likeness (QED) is 0.744. The molecule has 0 fully saturated rings. The molecule has 0 atom stereocenters. The van der Waals surface area contributed by atoms with Crippen LogP contribution in [0.15, 0.2) is 78.9 Å². The molecule has 3 aromatic carbocycles. The van der Waals surface area contributed by atoms with Crippen LogP contribution in [0.4, 0.5) is 0 Å². The second-order valence-electron chi connectivity index (χ2n) is 5.35. The van der Waals surface area contributed by atoms with Crippen LogP contribution >= 0.6 is 0 Å². The number of benzene rings is 3. The first-order valence-corrected chi connectivity index (χ1v) is 7.35. The second kappa shape index (κ2) is 6.35. The predicted molar refractivity (Wildman–Crippen MR) is 88.2 cm³/mol. The third-order valence-electron chi connectivity index (χ3n) is 3.94. The number of aromatic hydroxyl groups is 2. The Morgan fingerprint density at radius 2 is 1.05 bits per heavy atom. The highest BCUT2D eigenvalue weighted by Gasteiger charge is 2.18. The van der Waals surface area contributed by atoms with Crippen LogP contribution in [-0.4, -0.2) is 10.2 Å². The van der Waals surface area contributed by atoms with Gasteiger partial charge in [0.25, 0.3) is 0 Å². The Bertz CT molecular complexity index is 676. The third-order valence-corrected chi connectivity index (χ3v) is 3.94. The normalized spacial score (nSPS) is 10.8. The van der Waals surface area contributed by atoms with Gasteiger partial charge in [0, 0.05) is 11.5 Å². The van der Waals surface area contributed by atoms with Gasteiger partial charge in [-0.15, -0.1) is 0 Å². The van der Waals surface area contributed by atoms with Crippen LogP contribution in [0.2, 0.25) is 0 Å². The average molecular weight is 290 g/mol. The lowest BCUT2D eigenvalue weighted by Gasteiger charge is -2.19. The van der Waals surface area contributed by atoms with Crippen LogP contribution in [0.25, 0.3) is 0 Å². The van der Waals surface area contributed by atoms with Crippen LogP contribution in [0.1, 0.15) is 22.6 Å².